The van der Waals surface area contributed by atoms with Crippen LogP contribution in [0.5, 0.6) is 0 Å². The van der Waals surface area contributed by atoms with Gasteiger partial charge in [-0.05, 0) is 24.0 Å². The van der Waals surface area contributed by atoms with Crippen LogP contribution in [0.1, 0.15) is 44.7 Å². The summed E-state index contributed by atoms with van der Waals surface area (Å²) in [6, 6.07) is 4.15. The summed E-state index contributed by atoms with van der Waals surface area (Å²) in [5, 5.41) is 0. The monoisotopic (exact) mass is 192 g/mol. The third kappa shape index (κ3) is 3.11. The predicted molar refractivity (Wildman–Crippen MR) is 59.9 cm³/mol. The summed E-state index contributed by atoms with van der Waals surface area (Å²) < 4.78 is 0. The van der Waals surface area contributed by atoms with E-state index in [1.165, 1.54) is 12.8 Å². The maximum atomic E-state index is 6.11. The van der Waals surface area contributed by atoms with Gasteiger partial charge in [-0.25, -0.2) is 0 Å². The normalized spacial score (nSPS) is 13.1. The van der Waals surface area contributed by atoms with Gasteiger partial charge in [0.15, 0.2) is 0 Å². The Hall–Kier alpha value is -0.890. The Bertz CT molecular complexity index is 242. The minimum atomic E-state index is 0.147. The molecule has 0 radical (unpaired) electrons. The molecule has 78 valence electrons. The quantitative estimate of drug-likeness (QED) is 0.779. The highest BCUT2D eigenvalue weighted by molar-refractivity contribution is 5.13. The molecule has 0 unspecified atom stereocenters. The SMILES string of the molecule is CCC(CC)C[C@@H](N)c1cccnc1. The van der Waals surface area contributed by atoms with Gasteiger partial charge in [-0.2, -0.15) is 0 Å². The van der Waals surface area contributed by atoms with Gasteiger partial charge in [0.2, 0.25) is 0 Å². The molecule has 1 heterocycles. The maximum Gasteiger partial charge on any atom is 0.0315 e. The van der Waals surface area contributed by atoms with Gasteiger partial charge in [0, 0.05) is 18.4 Å². The Kier molecular flexibility index (Phi) is 4.60. The lowest BCUT2D eigenvalue weighted by Crippen LogP contribution is -2.15. The zero-order valence-electron chi connectivity index (χ0n) is 9.11. The van der Waals surface area contributed by atoms with E-state index in [1.54, 1.807) is 6.20 Å². The van der Waals surface area contributed by atoms with E-state index in [-0.39, 0.29) is 6.04 Å². The van der Waals surface area contributed by atoms with E-state index < -0.39 is 0 Å². The summed E-state index contributed by atoms with van der Waals surface area (Å²) in [4.78, 5) is 4.08. The molecule has 0 amide bonds. The van der Waals surface area contributed by atoms with Crippen LogP contribution in [0, 0.1) is 5.92 Å². The van der Waals surface area contributed by atoms with Crippen LogP contribution in [0.4, 0.5) is 0 Å². The van der Waals surface area contributed by atoms with Gasteiger partial charge in [0.25, 0.3) is 0 Å². The molecular weight excluding hydrogens is 172 g/mol. The van der Waals surface area contributed by atoms with Gasteiger partial charge >= 0.3 is 0 Å². The average Bonchev–Trinajstić information content (AvgIpc) is 2.26. The molecule has 1 aromatic rings. The van der Waals surface area contributed by atoms with E-state index in [2.05, 4.69) is 24.9 Å². The molecule has 0 saturated heterocycles. The maximum absolute atomic E-state index is 6.11. The molecule has 1 atom stereocenters. The first kappa shape index (κ1) is 11.2. The molecule has 0 aliphatic heterocycles. The lowest BCUT2D eigenvalue weighted by atomic mass is 9.92. The first-order valence-electron chi connectivity index (χ1n) is 5.43. The predicted octanol–water partition coefficient (Wildman–Crippen LogP) is 2.91. The van der Waals surface area contributed by atoms with Gasteiger partial charge in [-0.3, -0.25) is 4.98 Å². The Morgan fingerprint density at radius 2 is 2.07 bits per heavy atom. The van der Waals surface area contributed by atoms with Crippen molar-refractivity contribution in [2.24, 2.45) is 11.7 Å². The van der Waals surface area contributed by atoms with Crippen molar-refractivity contribution < 1.29 is 0 Å². The van der Waals surface area contributed by atoms with Crippen molar-refractivity contribution in [1.82, 2.24) is 4.98 Å². The van der Waals surface area contributed by atoms with Crippen molar-refractivity contribution in [2.45, 2.75) is 39.2 Å². The highest BCUT2D eigenvalue weighted by atomic mass is 14.7. The molecule has 0 aliphatic carbocycles. The van der Waals surface area contributed by atoms with Crippen LogP contribution in [-0.4, -0.2) is 4.98 Å². The van der Waals surface area contributed by atoms with E-state index in [0.29, 0.717) is 0 Å². The Morgan fingerprint density at radius 1 is 1.36 bits per heavy atom. The Balaban J connectivity index is 2.54. The Labute approximate surface area is 86.5 Å². The number of rotatable bonds is 5. The lowest BCUT2D eigenvalue weighted by molar-refractivity contribution is 0.414. The van der Waals surface area contributed by atoms with Crippen LogP contribution < -0.4 is 5.73 Å². The first-order chi connectivity index (χ1) is 6.77. The molecule has 2 heteroatoms. The number of nitrogens with two attached hydrogens (primary N) is 1. The molecule has 0 fully saturated rings. The number of aromatic nitrogens is 1. The summed E-state index contributed by atoms with van der Waals surface area (Å²) >= 11 is 0. The largest absolute Gasteiger partial charge is 0.324 e. The van der Waals surface area contributed by atoms with Gasteiger partial charge in [0.1, 0.15) is 0 Å². The van der Waals surface area contributed by atoms with Gasteiger partial charge in [0.05, 0.1) is 0 Å². The van der Waals surface area contributed by atoms with Crippen LogP contribution >= 0.6 is 0 Å². The number of hydrogen-bond acceptors (Lipinski definition) is 2. The van der Waals surface area contributed by atoms with Crippen LogP contribution in [0.25, 0.3) is 0 Å². The summed E-state index contributed by atoms with van der Waals surface area (Å²) in [6.07, 6.45) is 7.15. The standard InChI is InChI=1S/C12H20N2/c1-3-10(4-2)8-12(13)11-6-5-7-14-9-11/h5-7,9-10,12H,3-4,8,13H2,1-2H3/t12-/m1/s1. The summed E-state index contributed by atoms with van der Waals surface area (Å²) in [5.41, 5.74) is 7.26. The second kappa shape index (κ2) is 5.76. The first-order valence-corrected chi connectivity index (χ1v) is 5.43. The fraction of sp³-hybridized carbons (Fsp3) is 0.583. The molecule has 0 saturated carbocycles. The number of hydrogen-bond donors (Lipinski definition) is 1. The van der Waals surface area contributed by atoms with Gasteiger partial charge in [-0.15, -0.1) is 0 Å². The molecule has 0 bridgehead atoms. The average molecular weight is 192 g/mol. The molecule has 2 nitrogen and oxygen atoms in total. The fourth-order valence-electron chi connectivity index (χ4n) is 1.71. The molecule has 2 N–H and O–H groups in total. The molecule has 0 aliphatic rings. The minimum absolute atomic E-state index is 0.147. The van der Waals surface area contributed by atoms with Gasteiger partial charge < -0.3 is 5.73 Å². The van der Waals surface area contributed by atoms with Crippen LogP contribution in [0.3, 0.4) is 0 Å². The van der Waals surface area contributed by atoms with Crippen molar-refractivity contribution in [3.63, 3.8) is 0 Å². The fourth-order valence-corrected chi connectivity index (χ4v) is 1.71. The summed E-state index contributed by atoms with van der Waals surface area (Å²) in [7, 11) is 0. The summed E-state index contributed by atoms with van der Waals surface area (Å²) in [6.45, 7) is 4.45. The zero-order valence-corrected chi connectivity index (χ0v) is 9.11. The van der Waals surface area contributed by atoms with Gasteiger partial charge in [-0.1, -0.05) is 32.8 Å². The number of nitrogens with zero attached hydrogens (tertiary/aromatic N) is 1. The van der Waals surface area contributed by atoms with Crippen molar-refractivity contribution >= 4 is 0 Å². The molecule has 1 rings (SSSR count). The van der Waals surface area contributed by atoms with E-state index in [1.807, 2.05) is 12.3 Å². The highest BCUT2D eigenvalue weighted by Gasteiger charge is 2.11. The Morgan fingerprint density at radius 3 is 2.57 bits per heavy atom. The third-order valence-electron chi connectivity index (χ3n) is 2.85. The van der Waals surface area contributed by atoms with Crippen LogP contribution in [0.15, 0.2) is 24.5 Å². The topological polar surface area (TPSA) is 38.9 Å². The highest BCUT2D eigenvalue weighted by Crippen LogP contribution is 2.22. The molecule has 0 aromatic carbocycles. The van der Waals surface area contributed by atoms with Crippen LogP contribution in [-0.2, 0) is 0 Å². The van der Waals surface area contributed by atoms with Crippen molar-refractivity contribution in [3.8, 4) is 0 Å². The van der Waals surface area contributed by atoms with E-state index >= 15 is 0 Å². The molecular formula is C12H20N2. The second-order valence-corrected chi connectivity index (χ2v) is 3.81. The molecule has 0 spiro atoms. The van der Waals surface area contributed by atoms with E-state index in [0.717, 1.165) is 17.9 Å². The lowest BCUT2D eigenvalue weighted by Gasteiger charge is -2.18. The smallest absolute Gasteiger partial charge is 0.0315 e. The van der Waals surface area contributed by atoms with Crippen LogP contribution in [0.2, 0.25) is 0 Å². The van der Waals surface area contributed by atoms with Crippen molar-refractivity contribution in [1.29, 1.82) is 0 Å². The van der Waals surface area contributed by atoms with E-state index in [4.69, 9.17) is 5.73 Å². The second-order valence-electron chi connectivity index (χ2n) is 3.81. The van der Waals surface area contributed by atoms with Crippen molar-refractivity contribution in [3.05, 3.63) is 30.1 Å². The van der Waals surface area contributed by atoms with E-state index in [9.17, 15) is 0 Å². The summed E-state index contributed by atoms with van der Waals surface area (Å²) in [5.74, 6) is 0.741. The molecule has 1 aromatic heterocycles. The number of pyridine rings is 1. The third-order valence-corrected chi connectivity index (χ3v) is 2.85. The van der Waals surface area contributed by atoms with Crippen molar-refractivity contribution in [2.75, 3.05) is 0 Å². The zero-order chi connectivity index (χ0) is 10.4. The minimum Gasteiger partial charge on any atom is -0.324 e. The molecule has 14 heavy (non-hydrogen) atoms.